The zero-order valence-corrected chi connectivity index (χ0v) is 21.3. The Morgan fingerprint density at radius 3 is 1.25 bits per heavy atom. The Balaban J connectivity index is 1.56. The van der Waals surface area contributed by atoms with Crippen molar-refractivity contribution in [2.75, 3.05) is 52.9 Å². The number of hydrogen-bond donors (Lipinski definition) is 6. The summed E-state index contributed by atoms with van der Waals surface area (Å²) in [5, 5.41) is 13.3. The quantitative estimate of drug-likeness (QED) is 0.0935. The number of carbonyl (C=O) groups excluding carboxylic acids is 9. The van der Waals surface area contributed by atoms with Gasteiger partial charge in [0.15, 0.2) is 0 Å². The Kier molecular flexibility index (Phi) is 11.7. The molecule has 0 aromatic heterocycles. The Bertz CT molecular complexity index is 1180. The van der Waals surface area contributed by atoms with Crippen LogP contribution in [0.5, 0.6) is 0 Å². The van der Waals surface area contributed by atoms with Crippen LogP contribution in [0.4, 0.5) is 0 Å². The smallest absolute Gasteiger partial charge is 0.325 e. The van der Waals surface area contributed by atoms with Crippen molar-refractivity contribution in [3.05, 3.63) is 35.4 Å². The van der Waals surface area contributed by atoms with Crippen molar-refractivity contribution in [2.45, 2.75) is 0 Å². The van der Waals surface area contributed by atoms with E-state index in [1.54, 1.807) is 12.1 Å². The van der Waals surface area contributed by atoms with Crippen LogP contribution < -0.4 is 31.9 Å². The van der Waals surface area contributed by atoms with E-state index in [1.165, 1.54) is 12.1 Å². The number of amides is 8. The van der Waals surface area contributed by atoms with Gasteiger partial charge in [0.05, 0.1) is 51.0 Å². The summed E-state index contributed by atoms with van der Waals surface area (Å²) in [7, 11) is 1.15. The highest BCUT2D eigenvalue weighted by atomic mass is 16.5. The standard InChI is InChI=1S/C23H27N7O10/c1-40-21(37)11-29-19(35)9-27-17(33)7-25-15(31)6-24-16(32)8-26-18(34)10-28-20(36)12-30-22(38)13-4-2-3-5-14(13)23(30)39/h2-5H,6-12H2,1H3,(H,24,32)(H,25,31)(H,26,34)(H,27,33)(H,28,36)(H,29,35). The number of rotatable bonds is 14. The average molecular weight is 562 g/mol. The molecule has 214 valence electrons. The summed E-state index contributed by atoms with van der Waals surface area (Å²) in [6, 6.07) is 6.10. The summed E-state index contributed by atoms with van der Waals surface area (Å²) >= 11 is 0. The molecule has 1 aliphatic heterocycles. The van der Waals surface area contributed by atoms with Gasteiger partial charge in [-0.15, -0.1) is 0 Å². The lowest BCUT2D eigenvalue weighted by molar-refractivity contribution is -0.141. The van der Waals surface area contributed by atoms with E-state index < -0.39 is 92.5 Å². The van der Waals surface area contributed by atoms with Crippen LogP contribution >= 0.6 is 0 Å². The maximum atomic E-state index is 12.3. The van der Waals surface area contributed by atoms with Crippen molar-refractivity contribution in [3.8, 4) is 0 Å². The summed E-state index contributed by atoms with van der Waals surface area (Å²) in [5.41, 5.74) is 0.359. The fourth-order valence-corrected chi connectivity index (χ4v) is 3.03. The molecule has 1 heterocycles. The zero-order valence-electron chi connectivity index (χ0n) is 21.3. The minimum atomic E-state index is -0.767. The van der Waals surface area contributed by atoms with Gasteiger partial charge in [-0.1, -0.05) is 12.1 Å². The van der Waals surface area contributed by atoms with Gasteiger partial charge in [-0.25, -0.2) is 0 Å². The summed E-state index contributed by atoms with van der Waals surface area (Å²) < 4.78 is 4.34. The third-order valence-corrected chi connectivity index (χ3v) is 5.07. The topological polar surface area (TPSA) is 238 Å². The van der Waals surface area contributed by atoms with Gasteiger partial charge in [0.1, 0.15) is 13.1 Å². The molecule has 2 rings (SSSR count). The fourth-order valence-electron chi connectivity index (χ4n) is 3.03. The van der Waals surface area contributed by atoms with Crippen molar-refractivity contribution < 1.29 is 47.9 Å². The second-order valence-corrected chi connectivity index (χ2v) is 7.98. The van der Waals surface area contributed by atoms with Crippen LogP contribution in [0.1, 0.15) is 20.7 Å². The zero-order chi connectivity index (χ0) is 29.7. The number of benzene rings is 1. The molecule has 0 atom stereocenters. The molecule has 17 heteroatoms. The molecule has 0 saturated carbocycles. The molecule has 8 amide bonds. The van der Waals surface area contributed by atoms with Gasteiger partial charge >= 0.3 is 5.97 Å². The highest BCUT2D eigenvalue weighted by molar-refractivity contribution is 6.22. The Morgan fingerprint density at radius 1 is 0.575 bits per heavy atom. The number of hydrogen-bond acceptors (Lipinski definition) is 10. The monoisotopic (exact) mass is 561 g/mol. The molecule has 0 fully saturated rings. The fraction of sp³-hybridized carbons (Fsp3) is 0.348. The highest BCUT2D eigenvalue weighted by Crippen LogP contribution is 2.21. The minimum absolute atomic E-state index is 0.180. The van der Waals surface area contributed by atoms with E-state index in [0.29, 0.717) is 0 Å². The SMILES string of the molecule is COC(=O)CNC(=O)CNC(=O)CNC(=O)CNC(=O)CNC(=O)CNC(=O)CN1C(=O)c2ccccc2C1=O. The first-order valence-electron chi connectivity index (χ1n) is 11.6. The summed E-state index contributed by atoms with van der Waals surface area (Å²) in [5.74, 6) is -6.26. The summed E-state index contributed by atoms with van der Waals surface area (Å²) in [6.07, 6.45) is 0. The number of imide groups is 1. The van der Waals surface area contributed by atoms with Crippen LogP contribution in [0.2, 0.25) is 0 Å². The van der Waals surface area contributed by atoms with Gasteiger partial charge in [-0.05, 0) is 12.1 Å². The molecular formula is C23H27N7O10. The third-order valence-electron chi connectivity index (χ3n) is 5.07. The molecule has 1 aromatic rings. The van der Waals surface area contributed by atoms with Gasteiger partial charge in [-0.3, -0.25) is 48.1 Å². The number of esters is 1. The maximum absolute atomic E-state index is 12.3. The number of nitrogens with one attached hydrogen (secondary N) is 6. The number of methoxy groups -OCH3 is 1. The van der Waals surface area contributed by atoms with E-state index in [0.717, 1.165) is 12.0 Å². The van der Waals surface area contributed by atoms with E-state index in [-0.39, 0.29) is 17.7 Å². The summed E-state index contributed by atoms with van der Waals surface area (Å²) in [4.78, 5) is 107. The van der Waals surface area contributed by atoms with Gasteiger partial charge in [0.2, 0.25) is 35.4 Å². The first kappa shape index (κ1) is 30.9. The average Bonchev–Trinajstić information content (AvgIpc) is 3.19. The molecule has 0 bridgehead atoms. The van der Waals surface area contributed by atoms with Gasteiger partial charge in [-0.2, -0.15) is 0 Å². The van der Waals surface area contributed by atoms with Gasteiger partial charge in [0, 0.05) is 0 Å². The molecule has 1 aromatic carbocycles. The van der Waals surface area contributed by atoms with Crippen LogP contribution in [-0.4, -0.2) is 111 Å². The lowest BCUT2D eigenvalue weighted by atomic mass is 10.1. The Morgan fingerprint density at radius 2 is 0.900 bits per heavy atom. The normalized spacial score (nSPS) is 11.6. The van der Waals surface area contributed by atoms with Crippen LogP contribution in [0.15, 0.2) is 24.3 Å². The lowest BCUT2D eigenvalue weighted by Gasteiger charge is -2.13. The molecular weight excluding hydrogens is 534 g/mol. The molecule has 0 unspecified atom stereocenters. The molecule has 1 aliphatic rings. The predicted octanol–water partition coefficient (Wildman–Crippen LogP) is -4.85. The first-order chi connectivity index (χ1) is 19.0. The predicted molar refractivity (Wildman–Crippen MR) is 132 cm³/mol. The second kappa shape index (κ2) is 15.2. The molecule has 0 radical (unpaired) electrons. The van der Waals surface area contributed by atoms with Gasteiger partial charge in [0.25, 0.3) is 11.8 Å². The Labute approximate surface area is 226 Å². The molecule has 0 aliphatic carbocycles. The Hall–Kier alpha value is -5.35. The van der Waals surface area contributed by atoms with Crippen LogP contribution in [0.3, 0.4) is 0 Å². The molecule has 0 saturated heterocycles. The largest absolute Gasteiger partial charge is 0.468 e. The van der Waals surface area contributed by atoms with E-state index in [2.05, 4.69) is 36.6 Å². The van der Waals surface area contributed by atoms with Crippen LogP contribution in [-0.2, 0) is 38.3 Å². The minimum Gasteiger partial charge on any atom is -0.468 e. The highest BCUT2D eigenvalue weighted by Gasteiger charge is 2.36. The van der Waals surface area contributed by atoms with E-state index in [1.807, 2.05) is 0 Å². The van der Waals surface area contributed by atoms with E-state index in [4.69, 9.17) is 0 Å². The third kappa shape index (κ3) is 9.84. The number of carbonyl (C=O) groups is 9. The number of nitrogens with zero attached hydrogens (tertiary/aromatic N) is 1. The number of fused-ring (bicyclic) bond motifs is 1. The van der Waals surface area contributed by atoms with Crippen molar-refractivity contribution >= 4 is 53.2 Å². The molecule has 40 heavy (non-hydrogen) atoms. The molecule has 17 nitrogen and oxygen atoms in total. The van der Waals surface area contributed by atoms with Crippen LogP contribution in [0.25, 0.3) is 0 Å². The second-order valence-electron chi connectivity index (χ2n) is 7.98. The number of ether oxygens (including phenoxy) is 1. The van der Waals surface area contributed by atoms with Crippen molar-refractivity contribution in [1.29, 1.82) is 0 Å². The van der Waals surface area contributed by atoms with E-state index in [9.17, 15) is 43.2 Å². The molecule has 6 N–H and O–H groups in total. The first-order valence-corrected chi connectivity index (χ1v) is 11.6. The van der Waals surface area contributed by atoms with Crippen LogP contribution in [0, 0.1) is 0 Å². The maximum Gasteiger partial charge on any atom is 0.325 e. The van der Waals surface area contributed by atoms with Crippen molar-refractivity contribution in [2.24, 2.45) is 0 Å². The molecule has 0 spiro atoms. The van der Waals surface area contributed by atoms with Crippen molar-refractivity contribution in [3.63, 3.8) is 0 Å². The van der Waals surface area contributed by atoms with Gasteiger partial charge < -0.3 is 36.6 Å². The lowest BCUT2D eigenvalue weighted by Crippen LogP contribution is -2.47. The van der Waals surface area contributed by atoms with Crippen molar-refractivity contribution in [1.82, 2.24) is 36.8 Å². The van der Waals surface area contributed by atoms with E-state index >= 15 is 0 Å². The summed E-state index contributed by atoms with van der Waals surface area (Å²) in [6.45, 7) is -3.46.